The second-order valence-corrected chi connectivity index (χ2v) is 4.84. The molecule has 1 saturated heterocycles. The van der Waals surface area contributed by atoms with Crippen LogP contribution in [0.5, 0.6) is 0 Å². The Balaban J connectivity index is 2.08. The van der Waals surface area contributed by atoms with Crippen LogP contribution in [-0.2, 0) is 4.74 Å². The summed E-state index contributed by atoms with van der Waals surface area (Å²) in [5, 5.41) is 0. The molecule has 76 valence electrons. The van der Waals surface area contributed by atoms with E-state index < -0.39 is 0 Å². The Morgan fingerprint density at radius 3 is 3.00 bits per heavy atom. The molecule has 2 N–H and O–H groups in total. The van der Waals surface area contributed by atoms with Gasteiger partial charge in [-0.15, -0.1) is 0 Å². The van der Waals surface area contributed by atoms with Crippen LogP contribution >= 0.6 is 0 Å². The molecule has 2 rings (SSSR count). The van der Waals surface area contributed by atoms with E-state index in [9.17, 15) is 0 Å². The van der Waals surface area contributed by atoms with Crippen molar-refractivity contribution in [2.24, 2.45) is 17.6 Å². The first-order valence-electron chi connectivity index (χ1n) is 5.61. The molecule has 1 aliphatic carbocycles. The Kier molecular flexibility index (Phi) is 2.61. The normalized spacial score (nSPS) is 45.7. The molecular formula is C11H21NO. The van der Waals surface area contributed by atoms with Crippen molar-refractivity contribution in [1.82, 2.24) is 0 Å². The molecule has 13 heavy (non-hydrogen) atoms. The molecule has 1 heterocycles. The first kappa shape index (κ1) is 9.47. The molecule has 3 unspecified atom stereocenters. The zero-order valence-corrected chi connectivity index (χ0v) is 8.59. The van der Waals surface area contributed by atoms with Crippen molar-refractivity contribution in [3.05, 3.63) is 0 Å². The molecule has 0 bridgehead atoms. The van der Waals surface area contributed by atoms with Gasteiger partial charge in [-0.2, -0.15) is 0 Å². The Hall–Kier alpha value is -0.0800. The second kappa shape index (κ2) is 3.58. The standard InChI is InChI=1S/C11H21NO/c1-9-3-2-5-11(7-9)10(8-12)4-6-13-11/h9-10H,2-8,12H2,1H3. The minimum Gasteiger partial charge on any atom is -0.375 e. The van der Waals surface area contributed by atoms with Crippen LogP contribution < -0.4 is 5.73 Å². The summed E-state index contributed by atoms with van der Waals surface area (Å²) in [6, 6.07) is 0. The second-order valence-electron chi connectivity index (χ2n) is 4.84. The van der Waals surface area contributed by atoms with Gasteiger partial charge in [-0.25, -0.2) is 0 Å². The first-order chi connectivity index (χ1) is 6.27. The van der Waals surface area contributed by atoms with Gasteiger partial charge in [-0.1, -0.05) is 19.8 Å². The van der Waals surface area contributed by atoms with E-state index in [0.29, 0.717) is 5.92 Å². The van der Waals surface area contributed by atoms with Gasteiger partial charge in [0.1, 0.15) is 0 Å². The van der Waals surface area contributed by atoms with Gasteiger partial charge in [0.2, 0.25) is 0 Å². The highest BCUT2D eigenvalue weighted by atomic mass is 16.5. The maximum Gasteiger partial charge on any atom is 0.0726 e. The molecule has 1 saturated carbocycles. The van der Waals surface area contributed by atoms with E-state index >= 15 is 0 Å². The van der Waals surface area contributed by atoms with Crippen LogP contribution in [0.4, 0.5) is 0 Å². The van der Waals surface area contributed by atoms with Gasteiger partial charge in [0.25, 0.3) is 0 Å². The van der Waals surface area contributed by atoms with Gasteiger partial charge in [0.15, 0.2) is 0 Å². The minimum absolute atomic E-state index is 0.187. The molecule has 1 spiro atoms. The average molecular weight is 183 g/mol. The third-order valence-corrected chi connectivity index (χ3v) is 3.88. The SMILES string of the molecule is CC1CCCC2(C1)OCCC2CN. The van der Waals surface area contributed by atoms with E-state index in [1.54, 1.807) is 0 Å². The highest BCUT2D eigenvalue weighted by Crippen LogP contribution is 2.44. The molecule has 0 aromatic rings. The van der Waals surface area contributed by atoms with Crippen molar-refractivity contribution in [1.29, 1.82) is 0 Å². The lowest BCUT2D eigenvalue weighted by atomic mass is 9.72. The van der Waals surface area contributed by atoms with E-state index in [1.165, 1.54) is 32.1 Å². The Morgan fingerprint density at radius 2 is 2.31 bits per heavy atom. The molecule has 1 aliphatic heterocycles. The first-order valence-corrected chi connectivity index (χ1v) is 5.61. The van der Waals surface area contributed by atoms with E-state index in [4.69, 9.17) is 10.5 Å². The van der Waals surface area contributed by atoms with Crippen LogP contribution in [0.3, 0.4) is 0 Å². The zero-order chi connectivity index (χ0) is 9.31. The third kappa shape index (κ3) is 1.62. The smallest absolute Gasteiger partial charge is 0.0726 e. The quantitative estimate of drug-likeness (QED) is 0.674. The summed E-state index contributed by atoms with van der Waals surface area (Å²) in [6.07, 6.45) is 6.39. The van der Waals surface area contributed by atoms with Gasteiger partial charge >= 0.3 is 0 Å². The topological polar surface area (TPSA) is 35.2 Å². The number of rotatable bonds is 1. The van der Waals surface area contributed by atoms with Crippen LogP contribution in [0.2, 0.25) is 0 Å². The predicted octanol–water partition coefficient (Wildman–Crippen LogP) is 1.93. The predicted molar refractivity (Wildman–Crippen MR) is 53.5 cm³/mol. The van der Waals surface area contributed by atoms with Gasteiger partial charge in [0, 0.05) is 12.5 Å². The summed E-state index contributed by atoms with van der Waals surface area (Å²) < 4.78 is 5.98. The fourth-order valence-electron chi connectivity index (χ4n) is 3.16. The summed E-state index contributed by atoms with van der Waals surface area (Å²) in [6.45, 7) is 4.09. The highest BCUT2D eigenvalue weighted by Gasteiger charge is 2.45. The fourth-order valence-corrected chi connectivity index (χ4v) is 3.16. The van der Waals surface area contributed by atoms with Gasteiger partial charge < -0.3 is 10.5 Å². The Morgan fingerprint density at radius 1 is 1.46 bits per heavy atom. The van der Waals surface area contributed by atoms with Crippen molar-refractivity contribution in [3.8, 4) is 0 Å². The van der Waals surface area contributed by atoms with E-state index in [2.05, 4.69) is 6.92 Å². The molecule has 2 fully saturated rings. The number of nitrogens with two attached hydrogens (primary N) is 1. The number of hydrogen-bond acceptors (Lipinski definition) is 2. The van der Waals surface area contributed by atoms with Gasteiger partial charge in [0.05, 0.1) is 5.60 Å². The lowest BCUT2D eigenvalue weighted by molar-refractivity contribution is -0.0605. The summed E-state index contributed by atoms with van der Waals surface area (Å²) >= 11 is 0. The van der Waals surface area contributed by atoms with Crippen molar-refractivity contribution in [2.45, 2.75) is 44.6 Å². The van der Waals surface area contributed by atoms with Gasteiger partial charge in [-0.05, 0) is 31.7 Å². The van der Waals surface area contributed by atoms with Crippen LogP contribution in [0.1, 0.15) is 39.0 Å². The highest BCUT2D eigenvalue weighted by molar-refractivity contribution is 4.96. The van der Waals surface area contributed by atoms with E-state index in [1.807, 2.05) is 0 Å². The third-order valence-electron chi connectivity index (χ3n) is 3.88. The zero-order valence-electron chi connectivity index (χ0n) is 8.59. The molecule has 2 aliphatic rings. The van der Waals surface area contributed by atoms with E-state index in [-0.39, 0.29) is 5.60 Å². The molecule has 2 nitrogen and oxygen atoms in total. The van der Waals surface area contributed by atoms with Crippen LogP contribution in [0.15, 0.2) is 0 Å². The van der Waals surface area contributed by atoms with E-state index in [0.717, 1.165) is 19.1 Å². The summed E-state index contributed by atoms with van der Waals surface area (Å²) in [4.78, 5) is 0. The fraction of sp³-hybridized carbons (Fsp3) is 1.00. The monoisotopic (exact) mass is 183 g/mol. The summed E-state index contributed by atoms with van der Waals surface area (Å²) in [5.74, 6) is 1.47. The Bertz CT molecular complexity index is 183. The molecule has 0 aromatic carbocycles. The van der Waals surface area contributed by atoms with Crippen LogP contribution in [0.25, 0.3) is 0 Å². The lowest BCUT2D eigenvalue weighted by Gasteiger charge is -2.40. The molecule has 0 aromatic heterocycles. The van der Waals surface area contributed by atoms with Gasteiger partial charge in [-0.3, -0.25) is 0 Å². The molecular weight excluding hydrogens is 162 g/mol. The lowest BCUT2D eigenvalue weighted by Crippen LogP contribution is -2.42. The van der Waals surface area contributed by atoms with Crippen molar-refractivity contribution in [3.63, 3.8) is 0 Å². The Labute approximate surface area is 80.8 Å². The summed E-state index contributed by atoms with van der Waals surface area (Å²) in [7, 11) is 0. The molecule has 0 radical (unpaired) electrons. The number of hydrogen-bond donors (Lipinski definition) is 1. The van der Waals surface area contributed by atoms with Crippen LogP contribution in [-0.4, -0.2) is 18.8 Å². The van der Waals surface area contributed by atoms with Crippen molar-refractivity contribution >= 4 is 0 Å². The molecule has 2 heteroatoms. The number of ether oxygens (including phenoxy) is 1. The summed E-state index contributed by atoms with van der Waals surface area (Å²) in [5.41, 5.74) is 5.99. The molecule has 0 amide bonds. The molecule has 3 atom stereocenters. The van der Waals surface area contributed by atoms with Crippen molar-refractivity contribution < 1.29 is 4.74 Å². The average Bonchev–Trinajstić information content (AvgIpc) is 2.47. The largest absolute Gasteiger partial charge is 0.375 e. The minimum atomic E-state index is 0.187. The van der Waals surface area contributed by atoms with Crippen molar-refractivity contribution in [2.75, 3.05) is 13.2 Å². The maximum absolute atomic E-state index is 5.98. The maximum atomic E-state index is 5.98. The van der Waals surface area contributed by atoms with Crippen LogP contribution in [0, 0.1) is 11.8 Å².